The molecule has 2 aromatic heterocycles. The summed E-state index contributed by atoms with van der Waals surface area (Å²) >= 11 is 0. The van der Waals surface area contributed by atoms with Crippen molar-refractivity contribution in [3.05, 3.63) is 60.0 Å². The van der Waals surface area contributed by atoms with Crippen molar-refractivity contribution in [1.29, 1.82) is 0 Å². The first-order valence-corrected chi connectivity index (χ1v) is 9.46. The fourth-order valence-corrected chi connectivity index (χ4v) is 4.25. The second kappa shape index (κ2) is 6.94. The molecule has 0 radical (unpaired) electrons. The Balaban J connectivity index is 1.71. The first-order valence-electron chi connectivity index (χ1n) is 9.46. The summed E-state index contributed by atoms with van der Waals surface area (Å²) in [6.07, 6.45) is 2.44. The molecule has 0 spiro atoms. The summed E-state index contributed by atoms with van der Waals surface area (Å²) in [5.41, 5.74) is 8.27. The number of ether oxygens (including phenoxy) is 2. The molecule has 4 rings (SSSR count). The van der Waals surface area contributed by atoms with Crippen LogP contribution >= 0.6 is 0 Å². The van der Waals surface area contributed by atoms with Crippen LogP contribution in [0.1, 0.15) is 38.4 Å². The van der Waals surface area contributed by atoms with Crippen molar-refractivity contribution in [3.63, 3.8) is 0 Å². The summed E-state index contributed by atoms with van der Waals surface area (Å²) in [5, 5.41) is 4.41. The summed E-state index contributed by atoms with van der Waals surface area (Å²) in [7, 11) is 0. The highest BCUT2D eigenvalue weighted by Crippen LogP contribution is 2.46. The van der Waals surface area contributed by atoms with E-state index in [9.17, 15) is 0 Å². The third kappa shape index (κ3) is 2.99. The number of aromatic nitrogens is 3. The first kappa shape index (κ1) is 17.9. The van der Waals surface area contributed by atoms with Crippen LogP contribution < -0.4 is 5.73 Å². The van der Waals surface area contributed by atoms with Crippen LogP contribution in [0.5, 0.6) is 0 Å². The normalized spacial score (nSPS) is 28.0. The molecule has 0 bridgehead atoms. The van der Waals surface area contributed by atoms with Crippen LogP contribution in [0.2, 0.25) is 0 Å². The van der Waals surface area contributed by atoms with Crippen molar-refractivity contribution in [2.24, 2.45) is 5.92 Å². The summed E-state index contributed by atoms with van der Waals surface area (Å²) in [6, 6.07) is 14.2. The monoisotopic (exact) mass is 366 g/mol. The maximum atomic E-state index is 6.56. The zero-order chi connectivity index (χ0) is 19.0. The molecule has 0 aliphatic carbocycles. The lowest BCUT2D eigenvalue weighted by atomic mass is 9.87. The number of benzene rings is 1. The first-order chi connectivity index (χ1) is 13.0. The van der Waals surface area contributed by atoms with Crippen molar-refractivity contribution in [1.82, 2.24) is 14.6 Å². The highest BCUT2D eigenvalue weighted by Gasteiger charge is 2.53. The van der Waals surface area contributed by atoms with E-state index in [0.29, 0.717) is 12.4 Å². The van der Waals surface area contributed by atoms with E-state index in [1.807, 2.05) is 34.8 Å². The van der Waals surface area contributed by atoms with Gasteiger partial charge in [-0.05, 0) is 31.0 Å². The average Bonchev–Trinajstić information content (AvgIpc) is 3.22. The second-order valence-electron chi connectivity index (χ2n) is 7.41. The van der Waals surface area contributed by atoms with E-state index < -0.39 is 5.60 Å². The zero-order valence-electron chi connectivity index (χ0n) is 16.0. The maximum Gasteiger partial charge on any atom is 0.151 e. The second-order valence-corrected chi connectivity index (χ2v) is 7.41. The Morgan fingerprint density at radius 3 is 2.74 bits per heavy atom. The molecule has 27 heavy (non-hydrogen) atoms. The minimum Gasteiger partial charge on any atom is -0.382 e. The molecule has 6 nitrogen and oxygen atoms in total. The van der Waals surface area contributed by atoms with Crippen molar-refractivity contribution in [2.75, 3.05) is 5.73 Å². The van der Waals surface area contributed by atoms with Crippen molar-refractivity contribution < 1.29 is 9.47 Å². The molecule has 2 N–H and O–H groups in total. The van der Waals surface area contributed by atoms with Crippen LogP contribution in [0.15, 0.2) is 48.8 Å². The molecule has 1 unspecified atom stereocenters. The van der Waals surface area contributed by atoms with Gasteiger partial charge < -0.3 is 15.2 Å². The van der Waals surface area contributed by atoms with Crippen LogP contribution in [0.3, 0.4) is 0 Å². The third-order valence-corrected chi connectivity index (χ3v) is 5.67. The molecule has 6 heteroatoms. The van der Waals surface area contributed by atoms with Crippen LogP contribution in [-0.2, 0) is 21.7 Å². The number of nitrogens with two attached hydrogens (primary N) is 1. The average molecular weight is 366 g/mol. The maximum absolute atomic E-state index is 6.56. The lowest BCUT2D eigenvalue weighted by Crippen LogP contribution is -2.39. The fraction of sp³-hybridized carbons (Fsp3) is 0.429. The van der Waals surface area contributed by atoms with Gasteiger partial charge in [0.05, 0.1) is 24.5 Å². The molecule has 0 amide bonds. The van der Waals surface area contributed by atoms with E-state index in [1.165, 1.54) is 6.33 Å². The summed E-state index contributed by atoms with van der Waals surface area (Å²) in [4.78, 5) is 4.08. The van der Waals surface area contributed by atoms with Crippen LogP contribution in [0, 0.1) is 5.92 Å². The van der Waals surface area contributed by atoms with Gasteiger partial charge in [-0.2, -0.15) is 5.10 Å². The zero-order valence-corrected chi connectivity index (χ0v) is 16.0. The molecule has 0 saturated carbocycles. The molecular weight excluding hydrogens is 340 g/mol. The van der Waals surface area contributed by atoms with E-state index in [4.69, 9.17) is 15.2 Å². The number of fused-ring (bicyclic) bond motifs is 1. The Bertz CT molecular complexity index is 926. The number of anilines is 1. The van der Waals surface area contributed by atoms with E-state index in [-0.39, 0.29) is 18.1 Å². The molecule has 4 atom stereocenters. The molecular formula is C21H26N4O2. The molecule has 1 saturated heterocycles. The summed E-state index contributed by atoms with van der Waals surface area (Å²) in [5.74, 6) is 0.716. The molecule has 1 fully saturated rings. The highest BCUT2D eigenvalue weighted by atomic mass is 16.6. The van der Waals surface area contributed by atoms with Crippen molar-refractivity contribution >= 4 is 11.3 Å². The van der Waals surface area contributed by atoms with Gasteiger partial charge in [0.1, 0.15) is 17.4 Å². The van der Waals surface area contributed by atoms with Crippen LogP contribution in [0.4, 0.5) is 5.82 Å². The van der Waals surface area contributed by atoms with Gasteiger partial charge in [-0.1, -0.05) is 44.2 Å². The Morgan fingerprint density at radius 2 is 2.00 bits per heavy atom. The third-order valence-electron chi connectivity index (χ3n) is 5.67. The topological polar surface area (TPSA) is 74.7 Å². The van der Waals surface area contributed by atoms with Gasteiger partial charge in [-0.3, -0.25) is 0 Å². The van der Waals surface area contributed by atoms with E-state index in [2.05, 4.69) is 43.0 Å². The Morgan fingerprint density at radius 1 is 1.22 bits per heavy atom. The molecule has 1 aliphatic heterocycles. The van der Waals surface area contributed by atoms with E-state index in [0.717, 1.165) is 23.2 Å². The van der Waals surface area contributed by atoms with Gasteiger partial charge in [-0.15, -0.1) is 0 Å². The van der Waals surface area contributed by atoms with E-state index in [1.54, 1.807) is 0 Å². The standard InChI is InChI=1S/C21H26N4O2/c1-4-17-14(2)19(26-12-15-8-6-5-7-9-15)21(3,27-17)18-11-10-16-20(22)23-13-24-25(16)18/h5-11,13-14,17,19H,4,12H2,1-3H3,(H2,22,23,24)/t14?,17-,19+,21+/m1/s1. The van der Waals surface area contributed by atoms with Gasteiger partial charge >= 0.3 is 0 Å². The fourth-order valence-electron chi connectivity index (χ4n) is 4.25. The van der Waals surface area contributed by atoms with Crippen molar-refractivity contribution in [3.8, 4) is 0 Å². The van der Waals surface area contributed by atoms with Gasteiger partial charge in [0.2, 0.25) is 0 Å². The number of hydrogen-bond acceptors (Lipinski definition) is 5. The molecule has 3 heterocycles. The predicted octanol–water partition coefficient (Wildman–Crippen LogP) is 3.56. The quantitative estimate of drug-likeness (QED) is 0.747. The summed E-state index contributed by atoms with van der Waals surface area (Å²) < 4.78 is 14.8. The van der Waals surface area contributed by atoms with Gasteiger partial charge in [0.15, 0.2) is 5.82 Å². The predicted molar refractivity (Wildman–Crippen MR) is 104 cm³/mol. The van der Waals surface area contributed by atoms with Gasteiger partial charge in [0, 0.05) is 5.92 Å². The summed E-state index contributed by atoms with van der Waals surface area (Å²) in [6.45, 7) is 6.99. The lowest BCUT2D eigenvalue weighted by Gasteiger charge is -2.31. The minimum absolute atomic E-state index is 0.100. The van der Waals surface area contributed by atoms with Crippen molar-refractivity contribution in [2.45, 2.75) is 51.6 Å². The SMILES string of the molecule is CC[C@H]1O[C@@](C)(c2ccc3c(N)ncnn23)[C@@H](OCc2ccccc2)C1C. The molecule has 3 aromatic rings. The number of hydrogen-bond donors (Lipinski definition) is 1. The number of nitrogens with zero attached hydrogens (tertiary/aromatic N) is 3. The number of rotatable bonds is 5. The van der Waals surface area contributed by atoms with Gasteiger partial charge in [-0.25, -0.2) is 9.50 Å². The minimum atomic E-state index is -0.623. The van der Waals surface area contributed by atoms with Crippen LogP contribution in [0.25, 0.3) is 5.52 Å². The highest BCUT2D eigenvalue weighted by molar-refractivity contribution is 5.65. The Hall–Kier alpha value is -2.44. The van der Waals surface area contributed by atoms with Crippen LogP contribution in [-0.4, -0.2) is 26.8 Å². The smallest absolute Gasteiger partial charge is 0.151 e. The lowest BCUT2D eigenvalue weighted by molar-refractivity contribution is -0.106. The Kier molecular flexibility index (Phi) is 4.61. The van der Waals surface area contributed by atoms with E-state index >= 15 is 0 Å². The van der Waals surface area contributed by atoms with Gasteiger partial charge in [0.25, 0.3) is 0 Å². The Labute approximate surface area is 159 Å². The molecule has 1 aliphatic rings. The largest absolute Gasteiger partial charge is 0.382 e. The molecule has 142 valence electrons. The molecule has 1 aromatic carbocycles. The number of nitrogen functional groups attached to an aromatic ring is 1.